The standard InChI is InChI=1S/C15H18O2/c16-14(9-11-5-1-2-6-11)13-10-17-15-8-4-3-7-12(13)15/h3-4,7-8,11,13H,1-2,5-6,9-10H2. The molecule has 2 aliphatic rings. The lowest BCUT2D eigenvalue weighted by atomic mass is 9.90. The van der Waals surface area contributed by atoms with Crippen LogP contribution in [0.5, 0.6) is 5.75 Å². The van der Waals surface area contributed by atoms with Gasteiger partial charge in [-0.05, 0) is 12.0 Å². The number of para-hydroxylation sites is 1. The lowest BCUT2D eigenvalue weighted by Crippen LogP contribution is -2.16. The molecule has 17 heavy (non-hydrogen) atoms. The van der Waals surface area contributed by atoms with Crippen LogP contribution in [0.2, 0.25) is 0 Å². The van der Waals surface area contributed by atoms with Crippen LogP contribution in [0.15, 0.2) is 24.3 Å². The Morgan fingerprint density at radius 1 is 1.24 bits per heavy atom. The second kappa shape index (κ2) is 4.52. The quantitative estimate of drug-likeness (QED) is 0.796. The lowest BCUT2D eigenvalue weighted by molar-refractivity contribution is -0.121. The zero-order chi connectivity index (χ0) is 11.7. The molecule has 1 unspecified atom stereocenters. The van der Waals surface area contributed by atoms with Gasteiger partial charge in [-0.2, -0.15) is 0 Å². The van der Waals surface area contributed by atoms with Crippen LogP contribution in [0, 0.1) is 5.92 Å². The summed E-state index contributed by atoms with van der Waals surface area (Å²) in [6.07, 6.45) is 5.83. The van der Waals surface area contributed by atoms with E-state index < -0.39 is 0 Å². The number of benzene rings is 1. The first-order valence-electron chi connectivity index (χ1n) is 6.59. The molecule has 1 aromatic carbocycles. The molecule has 1 saturated carbocycles. The summed E-state index contributed by atoms with van der Waals surface area (Å²) in [6, 6.07) is 7.93. The van der Waals surface area contributed by atoms with Crippen molar-refractivity contribution in [3.8, 4) is 5.75 Å². The second-order valence-corrected chi connectivity index (χ2v) is 5.22. The second-order valence-electron chi connectivity index (χ2n) is 5.22. The number of carbonyl (C=O) groups is 1. The molecule has 1 aliphatic heterocycles. The van der Waals surface area contributed by atoms with Crippen LogP contribution < -0.4 is 4.74 Å². The predicted octanol–water partition coefficient (Wildman–Crippen LogP) is 3.31. The summed E-state index contributed by atoms with van der Waals surface area (Å²) >= 11 is 0. The molecular weight excluding hydrogens is 212 g/mol. The minimum absolute atomic E-state index is 0.00759. The number of ketones is 1. The van der Waals surface area contributed by atoms with Gasteiger partial charge in [-0.25, -0.2) is 0 Å². The van der Waals surface area contributed by atoms with Crippen LogP contribution in [0.1, 0.15) is 43.6 Å². The fourth-order valence-electron chi connectivity index (χ4n) is 3.07. The Morgan fingerprint density at radius 2 is 2.00 bits per heavy atom. The predicted molar refractivity (Wildman–Crippen MR) is 66.3 cm³/mol. The Bertz CT molecular complexity index is 419. The number of hydrogen-bond acceptors (Lipinski definition) is 2. The van der Waals surface area contributed by atoms with Crippen LogP contribution in [-0.2, 0) is 4.79 Å². The van der Waals surface area contributed by atoms with Gasteiger partial charge in [0, 0.05) is 12.0 Å². The zero-order valence-corrected chi connectivity index (χ0v) is 10.0. The summed E-state index contributed by atoms with van der Waals surface area (Å²) < 4.78 is 5.58. The number of hydrogen-bond donors (Lipinski definition) is 0. The topological polar surface area (TPSA) is 26.3 Å². The molecule has 1 aromatic rings. The molecule has 0 amide bonds. The van der Waals surface area contributed by atoms with E-state index in [9.17, 15) is 4.79 Å². The van der Waals surface area contributed by atoms with Gasteiger partial charge in [0.25, 0.3) is 0 Å². The molecule has 0 radical (unpaired) electrons. The molecule has 1 aliphatic carbocycles. The third-order valence-corrected chi connectivity index (χ3v) is 4.05. The van der Waals surface area contributed by atoms with Crippen molar-refractivity contribution in [3.05, 3.63) is 29.8 Å². The fourth-order valence-corrected chi connectivity index (χ4v) is 3.07. The van der Waals surface area contributed by atoms with Gasteiger partial charge in [0.05, 0.1) is 5.92 Å². The molecule has 1 heterocycles. The molecule has 0 N–H and O–H groups in total. The first-order chi connectivity index (χ1) is 8.34. The Labute approximate surface area is 102 Å². The number of rotatable bonds is 3. The van der Waals surface area contributed by atoms with Gasteiger partial charge < -0.3 is 4.74 Å². The van der Waals surface area contributed by atoms with Crippen LogP contribution in [-0.4, -0.2) is 12.4 Å². The van der Waals surface area contributed by atoms with Crippen molar-refractivity contribution in [3.63, 3.8) is 0 Å². The van der Waals surface area contributed by atoms with Gasteiger partial charge in [0.2, 0.25) is 0 Å². The average Bonchev–Trinajstić information content (AvgIpc) is 2.96. The van der Waals surface area contributed by atoms with Crippen molar-refractivity contribution in [1.82, 2.24) is 0 Å². The van der Waals surface area contributed by atoms with Crippen molar-refractivity contribution in [2.45, 2.75) is 38.0 Å². The normalized spacial score (nSPS) is 23.4. The van der Waals surface area contributed by atoms with E-state index in [1.165, 1.54) is 25.7 Å². The van der Waals surface area contributed by atoms with Crippen molar-refractivity contribution in [2.24, 2.45) is 5.92 Å². The maximum atomic E-state index is 12.3. The molecule has 0 aromatic heterocycles. The minimum Gasteiger partial charge on any atom is -0.492 e. The minimum atomic E-state index is -0.00759. The molecule has 90 valence electrons. The van der Waals surface area contributed by atoms with Crippen molar-refractivity contribution in [1.29, 1.82) is 0 Å². The summed E-state index contributed by atoms with van der Waals surface area (Å²) in [5, 5.41) is 0. The SMILES string of the molecule is O=C(CC1CCCC1)C1COc2ccccc21. The maximum Gasteiger partial charge on any atom is 0.144 e. The molecular formula is C15H18O2. The number of ether oxygens (including phenoxy) is 1. The highest BCUT2D eigenvalue weighted by Gasteiger charge is 2.31. The third kappa shape index (κ3) is 2.08. The van der Waals surface area contributed by atoms with Crippen LogP contribution in [0.3, 0.4) is 0 Å². The smallest absolute Gasteiger partial charge is 0.144 e. The van der Waals surface area contributed by atoms with E-state index in [4.69, 9.17) is 4.74 Å². The van der Waals surface area contributed by atoms with E-state index in [2.05, 4.69) is 0 Å². The monoisotopic (exact) mass is 230 g/mol. The van der Waals surface area contributed by atoms with E-state index >= 15 is 0 Å². The Kier molecular flexibility index (Phi) is 2.87. The van der Waals surface area contributed by atoms with E-state index in [0.717, 1.165) is 17.7 Å². The van der Waals surface area contributed by atoms with E-state index in [1.807, 2.05) is 24.3 Å². The van der Waals surface area contributed by atoms with Gasteiger partial charge in [-0.1, -0.05) is 43.9 Å². The molecule has 3 rings (SSSR count). The Balaban J connectivity index is 1.71. The fraction of sp³-hybridized carbons (Fsp3) is 0.533. The van der Waals surface area contributed by atoms with E-state index in [-0.39, 0.29) is 5.92 Å². The van der Waals surface area contributed by atoms with Crippen molar-refractivity contribution >= 4 is 5.78 Å². The molecule has 2 nitrogen and oxygen atoms in total. The zero-order valence-electron chi connectivity index (χ0n) is 10.0. The Hall–Kier alpha value is -1.31. The summed E-state index contributed by atoms with van der Waals surface area (Å²) in [6.45, 7) is 0.547. The van der Waals surface area contributed by atoms with E-state index in [0.29, 0.717) is 18.3 Å². The van der Waals surface area contributed by atoms with Crippen LogP contribution >= 0.6 is 0 Å². The van der Waals surface area contributed by atoms with Gasteiger partial charge >= 0.3 is 0 Å². The molecule has 0 bridgehead atoms. The third-order valence-electron chi connectivity index (χ3n) is 4.05. The molecule has 2 heteroatoms. The maximum absolute atomic E-state index is 12.3. The summed E-state index contributed by atoms with van der Waals surface area (Å²) in [5.41, 5.74) is 1.09. The van der Waals surface area contributed by atoms with Gasteiger partial charge in [-0.3, -0.25) is 4.79 Å². The van der Waals surface area contributed by atoms with Crippen molar-refractivity contribution < 1.29 is 9.53 Å². The van der Waals surface area contributed by atoms with Crippen LogP contribution in [0.4, 0.5) is 0 Å². The highest BCUT2D eigenvalue weighted by molar-refractivity contribution is 5.87. The van der Waals surface area contributed by atoms with Crippen molar-refractivity contribution in [2.75, 3.05) is 6.61 Å². The Morgan fingerprint density at radius 3 is 2.82 bits per heavy atom. The highest BCUT2D eigenvalue weighted by Crippen LogP contribution is 2.37. The first kappa shape index (κ1) is 10.8. The number of carbonyl (C=O) groups excluding carboxylic acids is 1. The summed E-state index contributed by atoms with van der Waals surface area (Å²) in [4.78, 5) is 12.3. The van der Waals surface area contributed by atoms with Gasteiger partial charge in [0.1, 0.15) is 18.1 Å². The average molecular weight is 230 g/mol. The summed E-state index contributed by atoms with van der Waals surface area (Å²) in [7, 11) is 0. The number of Topliss-reactive ketones (excluding diaryl/α,β-unsaturated/α-hetero) is 1. The molecule has 1 atom stereocenters. The molecule has 0 spiro atoms. The van der Waals surface area contributed by atoms with Gasteiger partial charge in [-0.15, -0.1) is 0 Å². The van der Waals surface area contributed by atoms with Gasteiger partial charge in [0.15, 0.2) is 0 Å². The summed E-state index contributed by atoms with van der Waals surface area (Å²) in [5.74, 6) is 1.90. The van der Waals surface area contributed by atoms with E-state index in [1.54, 1.807) is 0 Å². The lowest BCUT2D eigenvalue weighted by Gasteiger charge is -2.11. The molecule has 1 fully saturated rings. The highest BCUT2D eigenvalue weighted by atomic mass is 16.5. The molecule has 0 saturated heterocycles. The number of fused-ring (bicyclic) bond motifs is 1. The first-order valence-corrected chi connectivity index (χ1v) is 6.59. The largest absolute Gasteiger partial charge is 0.492 e. The van der Waals surface area contributed by atoms with Crippen LogP contribution in [0.25, 0.3) is 0 Å².